The average molecular weight is 286 g/mol. The monoisotopic (exact) mass is 286 g/mol. The number of pyridine rings is 1. The summed E-state index contributed by atoms with van der Waals surface area (Å²) in [7, 11) is 0. The van der Waals surface area contributed by atoms with Crippen molar-refractivity contribution in [1.29, 1.82) is 5.26 Å². The summed E-state index contributed by atoms with van der Waals surface area (Å²) >= 11 is 0. The van der Waals surface area contributed by atoms with Crippen molar-refractivity contribution in [3.05, 3.63) is 63.6 Å². The van der Waals surface area contributed by atoms with E-state index in [2.05, 4.69) is 10.3 Å². The third kappa shape index (κ3) is 3.51. The molecule has 1 heterocycles. The quantitative estimate of drug-likeness (QED) is 0.673. The van der Waals surface area contributed by atoms with Gasteiger partial charge in [0.25, 0.3) is 0 Å². The second kappa shape index (κ2) is 6.43. The minimum atomic E-state index is -0.643. The highest BCUT2D eigenvalue weighted by atomic mass is 19.1. The van der Waals surface area contributed by atoms with Crippen molar-refractivity contribution in [3.63, 3.8) is 0 Å². The number of nitriles is 1. The zero-order chi connectivity index (χ0) is 15.2. The maximum Gasteiger partial charge on any atom is 0.328 e. The van der Waals surface area contributed by atoms with Crippen molar-refractivity contribution in [2.24, 2.45) is 0 Å². The molecular weight excluding hydrogens is 275 g/mol. The van der Waals surface area contributed by atoms with Crippen LogP contribution >= 0.6 is 0 Å². The highest BCUT2D eigenvalue weighted by molar-refractivity contribution is 5.64. The zero-order valence-electron chi connectivity index (χ0n) is 10.9. The molecule has 1 aromatic carbocycles. The van der Waals surface area contributed by atoms with Gasteiger partial charge in [-0.05, 0) is 30.2 Å². The maximum atomic E-state index is 13.0. The maximum absolute atomic E-state index is 13.0. The van der Waals surface area contributed by atoms with Crippen LogP contribution in [-0.4, -0.2) is 16.5 Å². The van der Waals surface area contributed by atoms with E-state index in [0.717, 1.165) is 5.56 Å². The Labute approximate surface area is 120 Å². The molecule has 0 atom stereocenters. The molecule has 0 bridgehead atoms. The van der Waals surface area contributed by atoms with Gasteiger partial charge in [0.15, 0.2) is 0 Å². The molecule has 2 rings (SSSR count). The van der Waals surface area contributed by atoms with E-state index in [1.165, 1.54) is 24.4 Å². The van der Waals surface area contributed by atoms with Gasteiger partial charge < -0.3 is 5.32 Å². The highest BCUT2D eigenvalue weighted by Crippen LogP contribution is 2.25. The molecule has 0 fully saturated rings. The lowest BCUT2D eigenvalue weighted by Crippen LogP contribution is -2.09. The van der Waals surface area contributed by atoms with E-state index in [9.17, 15) is 14.5 Å². The minimum Gasteiger partial charge on any atom is -0.364 e. The largest absolute Gasteiger partial charge is 0.364 e. The fourth-order valence-electron chi connectivity index (χ4n) is 1.88. The molecule has 21 heavy (non-hydrogen) atoms. The number of rotatable bonds is 5. The first-order chi connectivity index (χ1) is 10.1. The van der Waals surface area contributed by atoms with Crippen LogP contribution in [0.4, 0.5) is 15.9 Å². The standard InChI is InChI=1S/C14H11FN4O2/c15-12-3-1-2-10(8-12)4-6-17-14-13(19(20)21)11(9-16)5-7-18-14/h1-3,5,7-8H,4,6H2,(H,17,18). The summed E-state index contributed by atoms with van der Waals surface area (Å²) in [6.07, 6.45) is 1.81. The van der Waals surface area contributed by atoms with Gasteiger partial charge in [0, 0.05) is 12.7 Å². The van der Waals surface area contributed by atoms with Crippen LogP contribution in [0.5, 0.6) is 0 Å². The number of halogens is 1. The Hall–Kier alpha value is -3.01. The SMILES string of the molecule is N#Cc1ccnc(NCCc2cccc(F)c2)c1[N+](=O)[O-]. The molecule has 0 spiro atoms. The minimum absolute atomic E-state index is 0.0375. The highest BCUT2D eigenvalue weighted by Gasteiger charge is 2.20. The van der Waals surface area contributed by atoms with E-state index in [1.807, 2.05) is 0 Å². The predicted octanol–water partition coefficient (Wildman–Crippen LogP) is 2.66. The van der Waals surface area contributed by atoms with Crippen LogP contribution in [0.3, 0.4) is 0 Å². The Morgan fingerprint density at radius 1 is 1.43 bits per heavy atom. The number of benzene rings is 1. The van der Waals surface area contributed by atoms with Crippen LogP contribution in [0.15, 0.2) is 36.5 Å². The normalized spacial score (nSPS) is 9.90. The molecule has 2 aromatic rings. The molecule has 1 aromatic heterocycles. The lowest BCUT2D eigenvalue weighted by Gasteiger charge is -2.07. The summed E-state index contributed by atoms with van der Waals surface area (Å²) in [5.74, 6) is -0.293. The van der Waals surface area contributed by atoms with Crippen LogP contribution in [0.2, 0.25) is 0 Å². The van der Waals surface area contributed by atoms with Crippen LogP contribution in [-0.2, 0) is 6.42 Å². The summed E-state index contributed by atoms with van der Waals surface area (Å²) in [5.41, 5.74) is 0.365. The van der Waals surface area contributed by atoms with Crippen molar-refractivity contribution in [1.82, 2.24) is 4.98 Å². The number of anilines is 1. The van der Waals surface area contributed by atoms with Gasteiger partial charge in [-0.1, -0.05) is 12.1 Å². The number of aromatic nitrogens is 1. The van der Waals surface area contributed by atoms with Gasteiger partial charge in [0.2, 0.25) is 5.82 Å². The number of nitro groups is 1. The molecule has 0 aliphatic carbocycles. The van der Waals surface area contributed by atoms with Gasteiger partial charge in [-0.15, -0.1) is 0 Å². The smallest absolute Gasteiger partial charge is 0.328 e. The molecule has 0 amide bonds. The zero-order valence-corrected chi connectivity index (χ0v) is 10.9. The number of hydrogen-bond acceptors (Lipinski definition) is 5. The van der Waals surface area contributed by atoms with Crippen LogP contribution in [0.25, 0.3) is 0 Å². The molecule has 0 aliphatic heterocycles. The van der Waals surface area contributed by atoms with Gasteiger partial charge in [-0.3, -0.25) is 10.1 Å². The van der Waals surface area contributed by atoms with E-state index in [-0.39, 0.29) is 22.9 Å². The van der Waals surface area contributed by atoms with Crippen LogP contribution in [0, 0.1) is 27.3 Å². The summed E-state index contributed by atoms with van der Waals surface area (Å²) in [6, 6.07) is 9.16. The van der Waals surface area contributed by atoms with Gasteiger partial charge in [-0.2, -0.15) is 5.26 Å². The molecular formula is C14H11FN4O2. The van der Waals surface area contributed by atoms with Gasteiger partial charge >= 0.3 is 5.69 Å². The first kappa shape index (κ1) is 14.4. The van der Waals surface area contributed by atoms with Crippen molar-refractivity contribution in [3.8, 4) is 6.07 Å². The fraction of sp³-hybridized carbons (Fsp3) is 0.143. The summed E-state index contributed by atoms with van der Waals surface area (Å²) in [6.45, 7) is 0.339. The van der Waals surface area contributed by atoms with Crippen LogP contribution < -0.4 is 5.32 Å². The van der Waals surface area contributed by atoms with Crippen molar-refractivity contribution < 1.29 is 9.31 Å². The lowest BCUT2D eigenvalue weighted by atomic mass is 10.1. The number of nitrogens with one attached hydrogen (secondary N) is 1. The van der Waals surface area contributed by atoms with Crippen molar-refractivity contribution >= 4 is 11.5 Å². The molecule has 0 aliphatic rings. The Balaban J connectivity index is 2.10. The Morgan fingerprint density at radius 3 is 2.90 bits per heavy atom. The predicted molar refractivity (Wildman–Crippen MR) is 74.2 cm³/mol. The van der Waals surface area contributed by atoms with Crippen molar-refractivity contribution in [2.45, 2.75) is 6.42 Å². The van der Waals surface area contributed by atoms with Gasteiger partial charge in [0.05, 0.1) is 4.92 Å². The van der Waals surface area contributed by atoms with Gasteiger partial charge in [0.1, 0.15) is 17.4 Å². The average Bonchev–Trinajstić information content (AvgIpc) is 2.46. The van der Waals surface area contributed by atoms with E-state index >= 15 is 0 Å². The fourth-order valence-corrected chi connectivity index (χ4v) is 1.88. The lowest BCUT2D eigenvalue weighted by molar-refractivity contribution is -0.384. The van der Waals surface area contributed by atoms with E-state index < -0.39 is 4.92 Å². The number of nitrogens with zero attached hydrogens (tertiary/aromatic N) is 3. The van der Waals surface area contributed by atoms with E-state index in [0.29, 0.717) is 13.0 Å². The third-order valence-corrected chi connectivity index (χ3v) is 2.82. The summed E-state index contributed by atoms with van der Waals surface area (Å²) in [5, 5.41) is 22.7. The molecule has 0 unspecified atom stereocenters. The molecule has 1 N–H and O–H groups in total. The summed E-state index contributed by atoms with van der Waals surface area (Å²) in [4.78, 5) is 14.2. The van der Waals surface area contributed by atoms with E-state index in [1.54, 1.807) is 18.2 Å². The third-order valence-electron chi connectivity index (χ3n) is 2.82. The van der Waals surface area contributed by atoms with Crippen molar-refractivity contribution in [2.75, 3.05) is 11.9 Å². The second-order valence-electron chi connectivity index (χ2n) is 4.23. The Morgan fingerprint density at radius 2 is 2.24 bits per heavy atom. The Kier molecular flexibility index (Phi) is 4.41. The molecule has 0 saturated carbocycles. The molecule has 0 radical (unpaired) electrons. The van der Waals surface area contributed by atoms with E-state index in [4.69, 9.17) is 5.26 Å². The molecule has 106 valence electrons. The van der Waals surface area contributed by atoms with Crippen LogP contribution in [0.1, 0.15) is 11.1 Å². The summed E-state index contributed by atoms with van der Waals surface area (Å²) < 4.78 is 13.0. The molecule has 0 saturated heterocycles. The Bertz CT molecular complexity index is 712. The first-order valence-electron chi connectivity index (χ1n) is 6.13. The topological polar surface area (TPSA) is 91.8 Å². The molecule has 7 heteroatoms. The second-order valence-corrected chi connectivity index (χ2v) is 4.23. The van der Waals surface area contributed by atoms with Gasteiger partial charge in [-0.25, -0.2) is 9.37 Å². The molecule has 6 nitrogen and oxygen atoms in total. The number of hydrogen-bond donors (Lipinski definition) is 1. The first-order valence-corrected chi connectivity index (χ1v) is 6.13.